The van der Waals surface area contributed by atoms with Crippen molar-refractivity contribution in [3.8, 4) is 0 Å². The van der Waals surface area contributed by atoms with Crippen molar-refractivity contribution in [3.05, 3.63) is 35.4 Å². The first-order valence-corrected chi connectivity index (χ1v) is 6.62. The van der Waals surface area contributed by atoms with Gasteiger partial charge in [0.1, 0.15) is 0 Å². The fraction of sp³-hybridized carbons (Fsp3) is 0.600. The van der Waals surface area contributed by atoms with Crippen LogP contribution in [0.2, 0.25) is 0 Å². The molecule has 2 atom stereocenters. The molecule has 2 fully saturated rings. The van der Waals surface area contributed by atoms with E-state index in [0.717, 1.165) is 24.3 Å². The molecule has 0 saturated heterocycles. The first-order valence-electron chi connectivity index (χ1n) is 6.62. The van der Waals surface area contributed by atoms with Gasteiger partial charge >= 0.3 is 0 Å². The molecule has 16 heavy (non-hydrogen) atoms. The minimum Gasteiger partial charge on any atom is -0.312 e. The zero-order valence-electron chi connectivity index (χ0n) is 10.1. The fourth-order valence-corrected chi connectivity index (χ4v) is 2.46. The molecule has 1 aromatic carbocycles. The molecule has 1 nitrogen and oxygen atoms in total. The van der Waals surface area contributed by atoms with E-state index in [1.165, 1.54) is 31.4 Å². The smallest absolute Gasteiger partial charge is 0.0205 e. The van der Waals surface area contributed by atoms with E-state index in [4.69, 9.17) is 0 Å². The topological polar surface area (TPSA) is 12.0 Å². The number of hydrogen-bond acceptors (Lipinski definition) is 1. The van der Waals surface area contributed by atoms with Gasteiger partial charge in [-0.05, 0) is 54.7 Å². The van der Waals surface area contributed by atoms with Gasteiger partial charge in [0.05, 0.1) is 0 Å². The standard InChI is InChI=1S/C15H21N/c1-11-7-15(11)10-16-9-12-3-2-4-14(8-12)13-5-6-13/h2-4,8,11,13,15-16H,5-7,9-10H2,1H3. The molecule has 1 aromatic rings. The molecule has 2 aliphatic carbocycles. The first kappa shape index (κ1) is 10.3. The van der Waals surface area contributed by atoms with E-state index in [9.17, 15) is 0 Å². The zero-order chi connectivity index (χ0) is 11.0. The van der Waals surface area contributed by atoms with Gasteiger partial charge in [0, 0.05) is 6.54 Å². The highest BCUT2D eigenvalue weighted by atomic mass is 14.9. The second-order valence-electron chi connectivity index (χ2n) is 5.62. The van der Waals surface area contributed by atoms with Crippen molar-refractivity contribution in [1.82, 2.24) is 5.32 Å². The Hall–Kier alpha value is -0.820. The molecule has 86 valence electrons. The average Bonchev–Trinajstić information content (AvgIpc) is 3.16. The highest BCUT2D eigenvalue weighted by Crippen LogP contribution is 2.40. The summed E-state index contributed by atoms with van der Waals surface area (Å²) in [6, 6.07) is 9.13. The van der Waals surface area contributed by atoms with Crippen molar-refractivity contribution in [2.45, 2.75) is 38.6 Å². The molecule has 0 aliphatic heterocycles. The Morgan fingerprint density at radius 3 is 2.81 bits per heavy atom. The van der Waals surface area contributed by atoms with Crippen LogP contribution in [0, 0.1) is 11.8 Å². The van der Waals surface area contributed by atoms with Crippen LogP contribution in [0.5, 0.6) is 0 Å². The minimum atomic E-state index is 0.878. The second-order valence-corrected chi connectivity index (χ2v) is 5.62. The quantitative estimate of drug-likeness (QED) is 0.794. The third kappa shape index (κ3) is 2.46. The van der Waals surface area contributed by atoms with Crippen molar-refractivity contribution in [2.24, 2.45) is 11.8 Å². The monoisotopic (exact) mass is 215 g/mol. The van der Waals surface area contributed by atoms with Gasteiger partial charge in [0.2, 0.25) is 0 Å². The number of benzene rings is 1. The van der Waals surface area contributed by atoms with Gasteiger partial charge < -0.3 is 5.32 Å². The van der Waals surface area contributed by atoms with Crippen LogP contribution in [-0.4, -0.2) is 6.54 Å². The molecule has 1 heteroatoms. The van der Waals surface area contributed by atoms with E-state index >= 15 is 0 Å². The van der Waals surface area contributed by atoms with E-state index in [0.29, 0.717) is 0 Å². The lowest BCUT2D eigenvalue weighted by Crippen LogP contribution is -2.16. The molecule has 3 rings (SSSR count). The summed E-state index contributed by atoms with van der Waals surface area (Å²) < 4.78 is 0. The van der Waals surface area contributed by atoms with Crippen LogP contribution in [0.25, 0.3) is 0 Å². The maximum Gasteiger partial charge on any atom is 0.0205 e. The molecule has 0 bridgehead atoms. The summed E-state index contributed by atoms with van der Waals surface area (Å²) in [4.78, 5) is 0. The van der Waals surface area contributed by atoms with Gasteiger partial charge in [0.15, 0.2) is 0 Å². The Labute approximate surface area is 98.3 Å². The van der Waals surface area contributed by atoms with Gasteiger partial charge in [-0.2, -0.15) is 0 Å². The van der Waals surface area contributed by atoms with Crippen LogP contribution >= 0.6 is 0 Å². The Morgan fingerprint density at radius 2 is 2.12 bits per heavy atom. The number of hydrogen-bond donors (Lipinski definition) is 1. The molecule has 2 saturated carbocycles. The molecule has 0 amide bonds. The average molecular weight is 215 g/mol. The van der Waals surface area contributed by atoms with E-state index in [1.807, 2.05) is 0 Å². The van der Waals surface area contributed by atoms with Crippen LogP contribution in [0.15, 0.2) is 24.3 Å². The largest absolute Gasteiger partial charge is 0.312 e. The van der Waals surface area contributed by atoms with E-state index in [1.54, 1.807) is 5.56 Å². The second kappa shape index (κ2) is 4.21. The van der Waals surface area contributed by atoms with E-state index in [2.05, 4.69) is 36.5 Å². The van der Waals surface area contributed by atoms with Crippen LogP contribution in [0.1, 0.15) is 43.2 Å². The lowest BCUT2D eigenvalue weighted by atomic mass is 10.1. The van der Waals surface area contributed by atoms with Crippen LogP contribution < -0.4 is 5.32 Å². The summed E-state index contributed by atoms with van der Waals surface area (Å²) in [6.45, 7) is 4.60. The normalized spacial score (nSPS) is 28.1. The number of rotatable bonds is 5. The molecule has 0 heterocycles. The Balaban J connectivity index is 1.51. The molecule has 2 aliphatic rings. The Morgan fingerprint density at radius 1 is 1.31 bits per heavy atom. The third-order valence-corrected chi connectivity index (χ3v) is 4.01. The predicted octanol–water partition coefficient (Wildman–Crippen LogP) is 3.31. The van der Waals surface area contributed by atoms with E-state index < -0.39 is 0 Å². The summed E-state index contributed by atoms with van der Waals surface area (Å²) in [6.07, 6.45) is 4.22. The van der Waals surface area contributed by atoms with Gasteiger partial charge in [-0.1, -0.05) is 31.2 Å². The van der Waals surface area contributed by atoms with Gasteiger partial charge in [0.25, 0.3) is 0 Å². The summed E-state index contributed by atoms with van der Waals surface area (Å²) in [5.41, 5.74) is 3.01. The molecular formula is C15H21N. The number of nitrogens with one attached hydrogen (secondary N) is 1. The lowest BCUT2D eigenvalue weighted by Gasteiger charge is -2.06. The maximum absolute atomic E-state index is 3.58. The molecule has 0 spiro atoms. The van der Waals surface area contributed by atoms with Crippen molar-refractivity contribution in [3.63, 3.8) is 0 Å². The van der Waals surface area contributed by atoms with Crippen LogP contribution in [0.3, 0.4) is 0 Å². The summed E-state index contributed by atoms with van der Waals surface area (Å²) >= 11 is 0. The minimum absolute atomic E-state index is 0.878. The van der Waals surface area contributed by atoms with Crippen LogP contribution in [-0.2, 0) is 6.54 Å². The summed E-state index contributed by atoms with van der Waals surface area (Å²) in [5.74, 6) is 2.79. The van der Waals surface area contributed by atoms with Gasteiger partial charge in [-0.25, -0.2) is 0 Å². The molecule has 1 N–H and O–H groups in total. The van der Waals surface area contributed by atoms with Crippen LogP contribution in [0.4, 0.5) is 0 Å². The van der Waals surface area contributed by atoms with Crippen molar-refractivity contribution in [2.75, 3.05) is 6.54 Å². The molecule has 0 aromatic heterocycles. The summed E-state index contributed by atoms with van der Waals surface area (Å²) in [5, 5.41) is 3.58. The SMILES string of the molecule is CC1CC1CNCc1cccc(C2CC2)c1. The molecule has 2 unspecified atom stereocenters. The zero-order valence-corrected chi connectivity index (χ0v) is 10.1. The fourth-order valence-electron chi connectivity index (χ4n) is 2.46. The molecular weight excluding hydrogens is 194 g/mol. The molecule has 0 radical (unpaired) electrons. The summed E-state index contributed by atoms with van der Waals surface area (Å²) in [7, 11) is 0. The maximum atomic E-state index is 3.58. The third-order valence-electron chi connectivity index (χ3n) is 4.01. The van der Waals surface area contributed by atoms with E-state index in [-0.39, 0.29) is 0 Å². The Bertz CT molecular complexity index is 367. The van der Waals surface area contributed by atoms with Gasteiger partial charge in [-0.15, -0.1) is 0 Å². The van der Waals surface area contributed by atoms with Crippen molar-refractivity contribution >= 4 is 0 Å². The highest BCUT2D eigenvalue weighted by molar-refractivity contribution is 5.29. The first-order chi connectivity index (χ1) is 7.83. The predicted molar refractivity (Wildman–Crippen MR) is 67.4 cm³/mol. The van der Waals surface area contributed by atoms with Gasteiger partial charge in [-0.3, -0.25) is 0 Å². The Kier molecular flexibility index (Phi) is 2.72. The highest BCUT2D eigenvalue weighted by Gasteiger charge is 2.31. The van der Waals surface area contributed by atoms with Crippen molar-refractivity contribution < 1.29 is 0 Å². The van der Waals surface area contributed by atoms with Crippen molar-refractivity contribution in [1.29, 1.82) is 0 Å². The lowest BCUT2D eigenvalue weighted by molar-refractivity contribution is 0.611.